The predicted octanol–water partition coefficient (Wildman–Crippen LogP) is -1.74. The molecule has 15 nitrogen and oxygen atoms in total. The van der Waals surface area contributed by atoms with E-state index in [1.807, 2.05) is 30.5 Å². The van der Waals surface area contributed by atoms with Gasteiger partial charge in [-0.25, -0.2) is 4.79 Å². The number of rotatable bonds is 18. The third-order valence-electron chi connectivity index (χ3n) is 6.29. The number of aliphatic carboxylic acids is 1. The molecule has 0 fully saturated rings. The summed E-state index contributed by atoms with van der Waals surface area (Å²) in [5, 5.41) is 18.1. The van der Waals surface area contributed by atoms with Gasteiger partial charge in [-0.3, -0.25) is 24.2 Å². The average molecular weight is 606 g/mol. The molecule has 1 heterocycles. The highest BCUT2D eigenvalue weighted by Gasteiger charge is 2.31. The zero-order valence-corrected chi connectivity index (χ0v) is 24.1. The first-order valence-corrected chi connectivity index (χ1v) is 14.6. The molecule has 0 saturated heterocycles. The molecule has 4 amide bonds. The van der Waals surface area contributed by atoms with Crippen molar-refractivity contribution in [2.24, 2.45) is 27.9 Å². The van der Waals surface area contributed by atoms with Crippen LogP contribution in [-0.4, -0.2) is 88.4 Å². The van der Waals surface area contributed by atoms with Crippen LogP contribution in [0, 0.1) is 0 Å². The van der Waals surface area contributed by atoms with Crippen LogP contribution in [0.25, 0.3) is 10.9 Å². The second kappa shape index (κ2) is 16.8. The van der Waals surface area contributed by atoms with E-state index in [2.05, 4.69) is 25.9 Å². The fourth-order valence-electron chi connectivity index (χ4n) is 4.13. The Kier molecular flexibility index (Phi) is 13.6. The van der Waals surface area contributed by atoms with Crippen molar-refractivity contribution in [3.8, 4) is 0 Å². The maximum absolute atomic E-state index is 13.5. The van der Waals surface area contributed by atoms with Crippen molar-refractivity contribution >= 4 is 58.2 Å². The lowest BCUT2D eigenvalue weighted by atomic mass is 10.0. The lowest BCUT2D eigenvalue weighted by Gasteiger charge is -2.25. The molecule has 230 valence electrons. The molecule has 1 aromatic heterocycles. The van der Waals surface area contributed by atoms with Crippen molar-refractivity contribution < 1.29 is 29.1 Å². The predicted molar refractivity (Wildman–Crippen MR) is 160 cm³/mol. The lowest BCUT2D eigenvalue weighted by molar-refractivity contribution is -0.142. The quantitative estimate of drug-likeness (QED) is 0.0525. The van der Waals surface area contributed by atoms with Crippen molar-refractivity contribution in [1.82, 2.24) is 20.9 Å². The highest BCUT2D eigenvalue weighted by Crippen LogP contribution is 2.19. The second-order valence-corrected chi connectivity index (χ2v) is 10.6. The Hall–Kier alpha value is -4.31. The van der Waals surface area contributed by atoms with Crippen LogP contribution in [0.1, 0.15) is 31.2 Å². The number of para-hydroxylation sites is 1. The number of primary amides is 1. The second-order valence-electron chi connectivity index (χ2n) is 9.59. The first-order chi connectivity index (χ1) is 19.9. The van der Waals surface area contributed by atoms with E-state index in [0.29, 0.717) is 11.3 Å². The average Bonchev–Trinajstić information content (AvgIpc) is 3.34. The Bertz CT molecular complexity index is 1280. The summed E-state index contributed by atoms with van der Waals surface area (Å²) < 4.78 is 0. The number of nitrogens with two attached hydrogens (primary N) is 4. The van der Waals surface area contributed by atoms with E-state index >= 15 is 0 Å². The zero-order valence-electron chi connectivity index (χ0n) is 23.3. The summed E-state index contributed by atoms with van der Waals surface area (Å²) in [4.78, 5) is 69.6. The van der Waals surface area contributed by atoms with Gasteiger partial charge in [-0.15, -0.1) is 0 Å². The molecule has 2 rings (SSSR count). The Labute approximate surface area is 247 Å². The van der Waals surface area contributed by atoms with Crippen molar-refractivity contribution in [3.63, 3.8) is 0 Å². The smallest absolute Gasteiger partial charge is 0.326 e. The number of fused-ring (bicyclic) bond motifs is 1. The summed E-state index contributed by atoms with van der Waals surface area (Å²) in [6.45, 7) is 0.157. The van der Waals surface area contributed by atoms with Gasteiger partial charge in [0.05, 0.1) is 12.5 Å². The van der Waals surface area contributed by atoms with E-state index in [4.69, 9.17) is 22.9 Å². The number of carboxylic acids is 1. The summed E-state index contributed by atoms with van der Waals surface area (Å²) >= 11 is 1.43. The zero-order chi connectivity index (χ0) is 31.2. The molecule has 16 heteroatoms. The van der Waals surface area contributed by atoms with Crippen LogP contribution in [0.4, 0.5) is 0 Å². The minimum Gasteiger partial charge on any atom is -0.480 e. The van der Waals surface area contributed by atoms with Crippen LogP contribution in [0.2, 0.25) is 0 Å². The number of H-pyrrole nitrogens is 1. The first kappa shape index (κ1) is 33.9. The number of amides is 4. The maximum Gasteiger partial charge on any atom is 0.326 e. The Morgan fingerprint density at radius 1 is 0.952 bits per heavy atom. The highest BCUT2D eigenvalue weighted by molar-refractivity contribution is 7.98. The molecule has 4 atom stereocenters. The normalized spacial score (nSPS) is 13.8. The SMILES string of the molecule is CSCCC(NC(=O)C(Cc1c[nH]c2ccccc12)NC(=O)C(CCCN=C(N)N)NC(=O)C(N)CC(N)=O)C(=O)O. The van der Waals surface area contributed by atoms with Crippen molar-refractivity contribution in [2.45, 2.75) is 56.3 Å². The summed E-state index contributed by atoms with van der Waals surface area (Å²) in [6.07, 6.45) is 3.62. The minimum atomic E-state index is -1.30. The van der Waals surface area contributed by atoms with Gasteiger partial charge in [-0.2, -0.15) is 11.8 Å². The molecule has 0 bridgehead atoms. The summed E-state index contributed by atoms with van der Waals surface area (Å²) in [7, 11) is 0. The number of nitrogens with zero attached hydrogens (tertiary/aromatic N) is 1. The number of carbonyl (C=O) groups excluding carboxylic acids is 4. The van der Waals surface area contributed by atoms with Gasteiger partial charge in [0.15, 0.2) is 5.96 Å². The van der Waals surface area contributed by atoms with Gasteiger partial charge in [0.1, 0.15) is 18.1 Å². The fourth-order valence-corrected chi connectivity index (χ4v) is 4.60. The Balaban J connectivity index is 2.33. The molecular weight excluding hydrogens is 566 g/mol. The molecule has 13 N–H and O–H groups in total. The number of hydrogen-bond acceptors (Lipinski definition) is 8. The molecule has 0 spiro atoms. The van der Waals surface area contributed by atoms with Gasteiger partial charge >= 0.3 is 5.97 Å². The van der Waals surface area contributed by atoms with Crippen molar-refractivity contribution in [1.29, 1.82) is 0 Å². The monoisotopic (exact) mass is 605 g/mol. The molecular formula is C26H39N9O6S. The topological polar surface area (TPSA) is 274 Å². The van der Waals surface area contributed by atoms with E-state index in [1.165, 1.54) is 11.8 Å². The van der Waals surface area contributed by atoms with Crippen LogP contribution in [0.15, 0.2) is 35.5 Å². The van der Waals surface area contributed by atoms with E-state index in [0.717, 1.165) is 10.9 Å². The molecule has 42 heavy (non-hydrogen) atoms. The molecule has 0 aliphatic heterocycles. The summed E-state index contributed by atoms with van der Waals surface area (Å²) in [6, 6.07) is 2.52. The number of hydrogen-bond donors (Lipinski definition) is 9. The van der Waals surface area contributed by atoms with E-state index in [-0.39, 0.29) is 38.2 Å². The number of aromatic nitrogens is 1. The van der Waals surface area contributed by atoms with Gasteiger partial charge in [0, 0.05) is 30.1 Å². The first-order valence-electron chi connectivity index (χ1n) is 13.2. The third-order valence-corrected chi connectivity index (χ3v) is 6.94. The summed E-state index contributed by atoms with van der Waals surface area (Å²) in [5.74, 6) is -3.89. The van der Waals surface area contributed by atoms with Gasteiger partial charge in [-0.1, -0.05) is 18.2 Å². The Morgan fingerprint density at radius 3 is 2.24 bits per heavy atom. The van der Waals surface area contributed by atoms with Crippen LogP contribution in [0.3, 0.4) is 0 Å². The van der Waals surface area contributed by atoms with E-state index in [1.54, 1.807) is 6.20 Å². The Morgan fingerprint density at radius 2 is 1.60 bits per heavy atom. The van der Waals surface area contributed by atoms with Crippen LogP contribution < -0.4 is 38.9 Å². The number of carbonyl (C=O) groups is 5. The standard InChI is InChI=1S/C26H39N9O6S/c1-42-10-8-19(25(40)41)34-24(39)20(11-14-13-32-17-6-3-2-5-15(14)17)35-23(38)18(7-4-9-31-26(29)30)33-22(37)16(27)12-21(28)36/h2-3,5-6,13,16,18-20,32H,4,7-12,27H2,1H3,(H2,28,36)(H,33,37)(H,34,39)(H,35,38)(H,40,41)(H4,29,30,31). The maximum atomic E-state index is 13.5. The third kappa shape index (κ3) is 10.9. The lowest BCUT2D eigenvalue weighted by Crippen LogP contribution is -2.57. The molecule has 0 aliphatic rings. The molecule has 0 radical (unpaired) electrons. The number of guanidine groups is 1. The molecule has 2 aromatic rings. The fraction of sp³-hybridized carbons (Fsp3) is 0.462. The van der Waals surface area contributed by atoms with Crippen molar-refractivity contribution in [2.75, 3.05) is 18.6 Å². The van der Waals surface area contributed by atoms with Crippen LogP contribution in [0.5, 0.6) is 0 Å². The molecule has 1 aromatic carbocycles. The minimum absolute atomic E-state index is 0.0201. The van der Waals surface area contributed by atoms with E-state index < -0.39 is 60.2 Å². The molecule has 4 unspecified atom stereocenters. The van der Waals surface area contributed by atoms with Crippen molar-refractivity contribution in [3.05, 3.63) is 36.0 Å². The number of thioether (sulfide) groups is 1. The number of benzene rings is 1. The largest absolute Gasteiger partial charge is 0.480 e. The van der Waals surface area contributed by atoms with Crippen LogP contribution >= 0.6 is 11.8 Å². The number of aromatic amines is 1. The van der Waals surface area contributed by atoms with Gasteiger partial charge in [0.2, 0.25) is 23.6 Å². The number of aliphatic imine (C=N–C) groups is 1. The molecule has 0 saturated carbocycles. The van der Waals surface area contributed by atoms with Gasteiger partial charge in [-0.05, 0) is 42.9 Å². The highest BCUT2D eigenvalue weighted by atomic mass is 32.2. The summed E-state index contributed by atoms with van der Waals surface area (Å²) in [5.41, 5.74) is 23.1. The van der Waals surface area contributed by atoms with Crippen LogP contribution in [-0.2, 0) is 30.4 Å². The molecule has 0 aliphatic carbocycles. The van der Waals surface area contributed by atoms with Gasteiger partial charge in [0.25, 0.3) is 0 Å². The number of nitrogens with one attached hydrogen (secondary N) is 4. The number of carboxylic acid groups (broad SMARTS) is 1. The van der Waals surface area contributed by atoms with Gasteiger partial charge < -0.3 is 49.0 Å². The van der Waals surface area contributed by atoms with E-state index in [9.17, 15) is 29.1 Å².